The van der Waals surface area contributed by atoms with E-state index in [0.29, 0.717) is 5.92 Å². The summed E-state index contributed by atoms with van der Waals surface area (Å²) >= 11 is 0. The lowest BCUT2D eigenvalue weighted by Gasteiger charge is -2.36. The van der Waals surface area contributed by atoms with Crippen LogP contribution in [0.3, 0.4) is 0 Å². The average Bonchev–Trinajstić information content (AvgIpc) is 3.34. The Kier molecular flexibility index (Phi) is 8.47. The molecule has 2 saturated heterocycles. The molecule has 0 radical (unpaired) electrons. The Labute approximate surface area is 230 Å². The zero-order valence-corrected chi connectivity index (χ0v) is 23.5. The minimum Gasteiger partial charge on any atom is -0.384 e. The highest BCUT2D eigenvalue weighted by Gasteiger charge is 2.30. The number of pyridine rings is 1. The number of aryl methyl sites for hydroxylation is 1. The molecule has 8 nitrogen and oxygen atoms in total. The van der Waals surface area contributed by atoms with Crippen molar-refractivity contribution >= 4 is 22.5 Å². The Morgan fingerprint density at radius 1 is 1.08 bits per heavy atom. The van der Waals surface area contributed by atoms with Crippen LogP contribution in [0, 0.1) is 17.3 Å². The van der Waals surface area contributed by atoms with Gasteiger partial charge in [0, 0.05) is 74.6 Å². The van der Waals surface area contributed by atoms with Gasteiger partial charge in [-0.05, 0) is 54.5 Å². The van der Waals surface area contributed by atoms with E-state index in [-0.39, 0.29) is 11.3 Å². The van der Waals surface area contributed by atoms with Crippen molar-refractivity contribution in [2.24, 2.45) is 11.3 Å². The van der Waals surface area contributed by atoms with Gasteiger partial charge >= 0.3 is 0 Å². The topological polar surface area (TPSA) is 75.5 Å². The minimum atomic E-state index is -0.488. The van der Waals surface area contributed by atoms with Gasteiger partial charge < -0.3 is 15.0 Å². The van der Waals surface area contributed by atoms with Gasteiger partial charge in [0.2, 0.25) is 11.9 Å². The summed E-state index contributed by atoms with van der Waals surface area (Å²) < 4.78 is 21.5. The summed E-state index contributed by atoms with van der Waals surface area (Å²) in [6, 6.07) is 7.52. The predicted molar refractivity (Wildman–Crippen MR) is 152 cm³/mol. The van der Waals surface area contributed by atoms with Crippen molar-refractivity contribution in [3.8, 4) is 11.1 Å². The Morgan fingerprint density at radius 2 is 1.85 bits per heavy atom. The van der Waals surface area contributed by atoms with Crippen LogP contribution >= 0.6 is 0 Å². The first-order valence-corrected chi connectivity index (χ1v) is 14.2. The number of benzene rings is 1. The average molecular weight is 537 g/mol. The van der Waals surface area contributed by atoms with Crippen LogP contribution in [0.1, 0.15) is 40.0 Å². The van der Waals surface area contributed by atoms with E-state index in [1.165, 1.54) is 12.3 Å². The molecule has 0 aliphatic carbocycles. The summed E-state index contributed by atoms with van der Waals surface area (Å²) in [5, 5.41) is 9.50. The predicted octanol–water partition coefficient (Wildman–Crippen LogP) is 4.66. The number of amides is 1. The molecule has 1 aromatic carbocycles. The summed E-state index contributed by atoms with van der Waals surface area (Å²) in [5.74, 6) is 0.223. The van der Waals surface area contributed by atoms with Gasteiger partial charge in [0.15, 0.2) is 0 Å². The molecule has 0 unspecified atom stereocenters. The summed E-state index contributed by atoms with van der Waals surface area (Å²) in [6.07, 6.45) is 6.41. The molecule has 2 aliphatic rings. The van der Waals surface area contributed by atoms with Crippen molar-refractivity contribution in [3.05, 3.63) is 42.6 Å². The number of likely N-dealkylation sites (tertiary alicyclic amines) is 1. The maximum atomic E-state index is 14.0. The molecule has 210 valence electrons. The highest BCUT2D eigenvalue weighted by molar-refractivity contribution is 5.95. The Balaban J connectivity index is 1.31. The lowest BCUT2D eigenvalue weighted by molar-refractivity contribution is -0.140. The van der Waals surface area contributed by atoms with E-state index >= 15 is 0 Å². The molecule has 0 spiro atoms. The fourth-order valence-electron chi connectivity index (χ4n) is 5.59. The molecule has 2 aromatic heterocycles. The number of carbonyl (C=O) groups is 1. The fourth-order valence-corrected chi connectivity index (χ4v) is 5.59. The SMILES string of the molecule is CC(C)(C)C(=O)N1CCC(CNc2cc(-c3ccnc(F)c3)cc3c2cnn3CCCN2CCOCC2)CC1. The van der Waals surface area contributed by atoms with Crippen molar-refractivity contribution in [3.63, 3.8) is 0 Å². The zero-order chi connectivity index (χ0) is 27.4. The van der Waals surface area contributed by atoms with Crippen molar-refractivity contribution in [2.75, 3.05) is 57.8 Å². The van der Waals surface area contributed by atoms with Gasteiger partial charge in [0.25, 0.3) is 0 Å². The molecule has 4 heterocycles. The molecular weight excluding hydrogens is 495 g/mol. The number of hydrogen-bond acceptors (Lipinski definition) is 6. The third kappa shape index (κ3) is 6.76. The number of aromatic nitrogens is 3. The standard InChI is InChI=1S/C30H41FN6O2/c1-30(2,3)29(38)36-11-6-22(7-12-36)20-33-26-17-24(23-5-8-32-28(31)19-23)18-27-25(26)21-34-37(27)10-4-9-35-13-15-39-16-14-35/h5,8,17-19,21-22,33H,4,6-7,9-16,20H2,1-3H3. The second kappa shape index (κ2) is 12.0. The molecule has 2 fully saturated rings. The van der Waals surface area contributed by atoms with Crippen LogP contribution in [0.2, 0.25) is 0 Å². The van der Waals surface area contributed by atoms with E-state index in [2.05, 4.69) is 32.0 Å². The van der Waals surface area contributed by atoms with Crippen molar-refractivity contribution in [2.45, 2.75) is 46.6 Å². The summed E-state index contributed by atoms with van der Waals surface area (Å²) in [7, 11) is 0. The smallest absolute Gasteiger partial charge is 0.227 e. The number of halogens is 1. The number of carbonyl (C=O) groups excluding carboxylic acids is 1. The van der Waals surface area contributed by atoms with Gasteiger partial charge in [0.1, 0.15) is 0 Å². The van der Waals surface area contributed by atoms with Gasteiger partial charge in [0.05, 0.1) is 24.9 Å². The van der Waals surface area contributed by atoms with Crippen molar-refractivity contribution in [1.29, 1.82) is 0 Å². The number of fused-ring (bicyclic) bond motifs is 1. The quantitative estimate of drug-likeness (QED) is 0.422. The third-order valence-corrected chi connectivity index (χ3v) is 7.89. The van der Waals surface area contributed by atoms with E-state index in [1.54, 1.807) is 0 Å². The second-order valence-corrected chi connectivity index (χ2v) is 11.9. The number of piperidine rings is 1. The van der Waals surface area contributed by atoms with Crippen LogP contribution < -0.4 is 5.32 Å². The van der Waals surface area contributed by atoms with Gasteiger partial charge in [-0.3, -0.25) is 14.4 Å². The molecule has 1 amide bonds. The molecule has 0 bridgehead atoms. The molecule has 0 saturated carbocycles. The van der Waals surface area contributed by atoms with Crippen LogP contribution in [-0.2, 0) is 16.1 Å². The fraction of sp³-hybridized carbons (Fsp3) is 0.567. The minimum absolute atomic E-state index is 0.230. The van der Waals surface area contributed by atoms with E-state index in [1.807, 2.05) is 37.9 Å². The number of ether oxygens (including phenoxy) is 1. The lowest BCUT2D eigenvalue weighted by atomic mass is 9.91. The van der Waals surface area contributed by atoms with Gasteiger partial charge in [-0.2, -0.15) is 9.49 Å². The summed E-state index contributed by atoms with van der Waals surface area (Å²) in [5.41, 5.74) is 3.44. The van der Waals surface area contributed by atoms with Gasteiger partial charge in [-0.15, -0.1) is 0 Å². The molecule has 3 aromatic rings. The number of nitrogens with zero attached hydrogens (tertiary/aromatic N) is 5. The van der Waals surface area contributed by atoms with Crippen LogP contribution in [0.15, 0.2) is 36.7 Å². The molecule has 1 N–H and O–H groups in total. The first-order chi connectivity index (χ1) is 18.8. The first kappa shape index (κ1) is 27.5. The maximum Gasteiger partial charge on any atom is 0.227 e. The Morgan fingerprint density at radius 3 is 2.56 bits per heavy atom. The Bertz CT molecular complexity index is 1270. The van der Waals surface area contributed by atoms with Crippen LogP contribution in [0.25, 0.3) is 22.0 Å². The number of anilines is 1. The Hall–Kier alpha value is -3.04. The highest BCUT2D eigenvalue weighted by Crippen LogP contribution is 2.32. The number of morpholine rings is 1. The molecule has 2 aliphatic heterocycles. The first-order valence-electron chi connectivity index (χ1n) is 14.2. The zero-order valence-electron chi connectivity index (χ0n) is 23.5. The number of hydrogen-bond donors (Lipinski definition) is 1. The van der Waals surface area contributed by atoms with Crippen molar-refractivity contribution < 1.29 is 13.9 Å². The van der Waals surface area contributed by atoms with E-state index in [4.69, 9.17) is 9.84 Å². The monoisotopic (exact) mass is 536 g/mol. The molecule has 5 rings (SSSR count). The van der Waals surface area contributed by atoms with Crippen molar-refractivity contribution in [1.82, 2.24) is 24.6 Å². The van der Waals surface area contributed by atoms with Crippen LogP contribution in [0.4, 0.5) is 10.1 Å². The molecule has 0 atom stereocenters. The normalized spacial score (nSPS) is 17.6. The molecular formula is C30H41FN6O2. The summed E-state index contributed by atoms with van der Waals surface area (Å²) in [4.78, 5) is 20.9. The third-order valence-electron chi connectivity index (χ3n) is 7.89. The van der Waals surface area contributed by atoms with E-state index < -0.39 is 5.95 Å². The van der Waals surface area contributed by atoms with Crippen LogP contribution in [-0.4, -0.2) is 83.0 Å². The summed E-state index contributed by atoms with van der Waals surface area (Å²) in [6.45, 7) is 13.8. The van der Waals surface area contributed by atoms with E-state index in [0.717, 1.165) is 106 Å². The number of rotatable bonds is 8. The van der Waals surface area contributed by atoms with Gasteiger partial charge in [-0.25, -0.2) is 4.98 Å². The highest BCUT2D eigenvalue weighted by atomic mass is 19.1. The van der Waals surface area contributed by atoms with E-state index in [9.17, 15) is 9.18 Å². The number of nitrogens with one attached hydrogen (secondary N) is 1. The largest absolute Gasteiger partial charge is 0.384 e. The second-order valence-electron chi connectivity index (χ2n) is 11.9. The molecule has 9 heteroatoms. The maximum absolute atomic E-state index is 14.0. The van der Waals surface area contributed by atoms with Gasteiger partial charge in [-0.1, -0.05) is 20.8 Å². The lowest BCUT2D eigenvalue weighted by Crippen LogP contribution is -2.44. The molecule has 39 heavy (non-hydrogen) atoms. The van der Waals surface area contributed by atoms with Crippen LogP contribution in [0.5, 0.6) is 0 Å².